The number of rotatable bonds is 4. The summed E-state index contributed by atoms with van der Waals surface area (Å²) in [6.07, 6.45) is 2.14. The Morgan fingerprint density at radius 3 is 2.68 bits per heavy atom. The molecule has 0 saturated carbocycles. The summed E-state index contributed by atoms with van der Waals surface area (Å²) in [5.74, 6) is -0.808. The minimum absolute atomic E-state index is 0.0926. The predicted molar refractivity (Wildman–Crippen MR) is 69.8 cm³/mol. The first-order chi connectivity index (χ1) is 9.02. The molecule has 1 aromatic heterocycles. The van der Waals surface area contributed by atoms with Crippen molar-refractivity contribution in [2.75, 3.05) is 7.05 Å². The smallest absolute Gasteiger partial charge is 0.126 e. The zero-order chi connectivity index (χ0) is 14.0. The monoisotopic (exact) mass is 265 g/mol. The number of benzene rings is 1. The first kappa shape index (κ1) is 13.7. The van der Waals surface area contributed by atoms with Gasteiger partial charge in [0.15, 0.2) is 0 Å². The number of likely N-dealkylation sites (N-methyl/N-ethyl adjacent to an activating group) is 1. The lowest BCUT2D eigenvalue weighted by Crippen LogP contribution is -2.20. The van der Waals surface area contributed by atoms with E-state index in [2.05, 4.69) is 10.4 Å². The van der Waals surface area contributed by atoms with Gasteiger partial charge in [0.1, 0.15) is 11.6 Å². The Kier molecular flexibility index (Phi) is 3.95. The second-order valence-corrected chi connectivity index (χ2v) is 4.59. The third-order valence-electron chi connectivity index (χ3n) is 3.43. The maximum Gasteiger partial charge on any atom is 0.126 e. The molecule has 1 heterocycles. The molecule has 3 nitrogen and oxygen atoms in total. The number of hydrogen-bond donors (Lipinski definition) is 1. The SMILES string of the molecule is CNC(Cc1cc(F)ccc1F)c1cnn(C)c1C. The molecule has 0 spiro atoms. The first-order valence-corrected chi connectivity index (χ1v) is 6.12. The van der Waals surface area contributed by atoms with E-state index in [0.29, 0.717) is 12.0 Å². The van der Waals surface area contributed by atoms with E-state index < -0.39 is 5.82 Å². The largest absolute Gasteiger partial charge is 0.313 e. The Bertz CT molecular complexity index is 578. The van der Waals surface area contributed by atoms with Crippen LogP contribution in [0, 0.1) is 18.6 Å². The minimum Gasteiger partial charge on any atom is -0.313 e. The van der Waals surface area contributed by atoms with Crippen molar-refractivity contribution in [3.63, 3.8) is 0 Å². The summed E-state index contributed by atoms with van der Waals surface area (Å²) in [6, 6.07) is 3.44. The quantitative estimate of drug-likeness (QED) is 0.920. The lowest BCUT2D eigenvalue weighted by Gasteiger charge is -2.16. The molecule has 1 unspecified atom stereocenters. The van der Waals surface area contributed by atoms with Crippen LogP contribution in [0.1, 0.15) is 22.9 Å². The molecule has 102 valence electrons. The number of aryl methyl sites for hydroxylation is 1. The van der Waals surface area contributed by atoms with Crippen LogP contribution in [0.25, 0.3) is 0 Å². The Balaban J connectivity index is 2.29. The van der Waals surface area contributed by atoms with Gasteiger partial charge in [-0.25, -0.2) is 8.78 Å². The normalized spacial score (nSPS) is 12.7. The molecule has 1 atom stereocenters. The molecule has 0 bridgehead atoms. The van der Waals surface area contributed by atoms with E-state index >= 15 is 0 Å². The number of aromatic nitrogens is 2. The van der Waals surface area contributed by atoms with Crippen molar-refractivity contribution >= 4 is 0 Å². The molecule has 1 aromatic carbocycles. The third-order valence-corrected chi connectivity index (χ3v) is 3.43. The summed E-state index contributed by atoms with van der Waals surface area (Å²) in [7, 11) is 3.66. The van der Waals surface area contributed by atoms with E-state index in [1.807, 2.05) is 14.0 Å². The van der Waals surface area contributed by atoms with Crippen molar-refractivity contribution in [1.29, 1.82) is 0 Å². The van der Waals surface area contributed by atoms with Gasteiger partial charge in [-0.1, -0.05) is 0 Å². The fraction of sp³-hybridized carbons (Fsp3) is 0.357. The van der Waals surface area contributed by atoms with Crippen molar-refractivity contribution < 1.29 is 8.78 Å². The van der Waals surface area contributed by atoms with Crippen LogP contribution in [0.15, 0.2) is 24.4 Å². The zero-order valence-electron chi connectivity index (χ0n) is 11.2. The minimum atomic E-state index is -0.422. The van der Waals surface area contributed by atoms with Crippen LogP contribution in [0.2, 0.25) is 0 Å². The molecule has 2 rings (SSSR count). The molecule has 1 N–H and O–H groups in total. The zero-order valence-corrected chi connectivity index (χ0v) is 11.2. The van der Waals surface area contributed by atoms with Crippen molar-refractivity contribution in [3.8, 4) is 0 Å². The van der Waals surface area contributed by atoms with Crippen molar-refractivity contribution in [2.45, 2.75) is 19.4 Å². The highest BCUT2D eigenvalue weighted by atomic mass is 19.1. The molecule has 0 fully saturated rings. The summed E-state index contributed by atoms with van der Waals surface area (Å²) < 4.78 is 28.6. The Morgan fingerprint density at radius 1 is 1.37 bits per heavy atom. The molecule has 0 aliphatic rings. The van der Waals surface area contributed by atoms with Gasteiger partial charge in [-0.2, -0.15) is 5.10 Å². The first-order valence-electron chi connectivity index (χ1n) is 6.12. The Labute approximate surface area is 111 Å². The molecular weight excluding hydrogens is 248 g/mol. The van der Waals surface area contributed by atoms with Crippen LogP contribution in [-0.4, -0.2) is 16.8 Å². The molecule has 19 heavy (non-hydrogen) atoms. The molecule has 0 saturated heterocycles. The van der Waals surface area contributed by atoms with Crippen molar-refractivity contribution in [2.24, 2.45) is 7.05 Å². The molecular formula is C14H17F2N3. The van der Waals surface area contributed by atoms with E-state index in [1.54, 1.807) is 17.9 Å². The predicted octanol–water partition coefficient (Wildman–Crippen LogP) is 2.51. The summed E-state index contributed by atoms with van der Waals surface area (Å²) in [6.45, 7) is 1.95. The second-order valence-electron chi connectivity index (χ2n) is 4.59. The lowest BCUT2D eigenvalue weighted by molar-refractivity contribution is 0.542. The summed E-state index contributed by atoms with van der Waals surface area (Å²) in [5, 5.41) is 7.30. The molecule has 0 amide bonds. The highest BCUT2D eigenvalue weighted by Crippen LogP contribution is 2.22. The second kappa shape index (κ2) is 5.48. The summed E-state index contributed by atoms with van der Waals surface area (Å²) >= 11 is 0. The molecule has 5 heteroatoms. The van der Waals surface area contributed by atoms with Crippen molar-refractivity contribution in [3.05, 3.63) is 52.9 Å². The van der Waals surface area contributed by atoms with E-state index in [1.165, 1.54) is 6.07 Å². The molecule has 0 radical (unpaired) electrons. The lowest BCUT2D eigenvalue weighted by atomic mass is 9.99. The van der Waals surface area contributed by atoms with E-state index in [-0.39, 0.29) is 11.9 Å². The average molecular weight is 265 g/mol. The Morgan fingerprint density at radius 2 is 2.11 bits per heavy atom. The van der Waals surface area contributed by atoms with Gasteiger partial charge < -0.3 is 5.32 Å². The number of nitrogens with one attached hydrogen (secondary N) is 1. The highest BCUT2D eigenvalue weighted by Gasteiger charge is 2.17. The van der Waals surface area contributed by atoms with Crippen LogP contribution in [0.3, 0.4) is 0 Å². The van der Waals surface area contributed by atoms with Crippen LogP contribution >= 0.6 is 0 Å². The molecule has 2 aromatic rings. The number of hydrogen-bond acceptors (Lipinski definition) is 2. The van der Waals surface area contributed by atoms with Gasteiger partial charge in [0.05, 0.1) is 6.20 Å². The number of nitrogens with zero attached hydrogens (tertiary/aromatic N) is 2. The average Bonchev–Trinajstić information content (AvgIpc) is 2.71. The fourth-order valence-corrected chi connectivity index (χ4v) is 2.14. The summed E-state index contributed by atoms with van der Waals surface area (Å²) in [5.41, 5.74) is 2.37. The van der Waals surface area contributed by atoms with Gasteiger partial charge in [-0.15, -0.1) is 0 Å². The standard InChI is InChI=1S/C14H17F2N3/c1-9-12(8-18-19(9)3)14(17-2)7-10-6-11(15)4-5-13(10)16/h4-6,8,14,17H,7H2,1-3H3. The maximum absolute atomic E-state index is 13.7. The van der Waals surface area contributed by atoms with Gasteiger partial charge in [0, 0.05) is 24.3 Å². The van der Waals surface area contributed by atoms with Crippen LogP contribution in [-0.2, 0) is 13.5 Å². The van der Waals surface area contributed by atoms with Crippen LogP contribution in [0.5, 0.6) is 0 Å². The van der Waals surface area contributed by atoms with E-state index in [4.69, 9.17) is 0 Å². The van der Waals surface area contributed by atoms with Gasteiger partial charge in [0.2, 0.25) is 0 Å². The van der Waals surface area contributed by atoms with Crippen molar-refractivity contribution in [1.82, 2.24) is 15.1 Å². The third kappa shape index (κ3) is 2.81. The topological polar surface area (TPSA) is 29.9 Å². The van der Waals surface area contributed by atoms with Crippen LogP contribution < -0.4 is 5.32 Å². The maximum atomic E-state index is 13.7. The van der Waals surface area contributed by atoms with E-state index in [0.717, 1.165) is 23.4 Å². The molecule has 0 aliphatic carbocycles. The summed E-state index contributed by atoms with van der Waals surface area (Å²) in [4.78, 5) is 0. The van der Waals surface area contributed by atoms with Gasteiger partial charge in [-0.3, -0.25) is 4.68 Å². The van der Waals surface area contributed by atoms with Crippen LogP contribution in [0.4, 0.5) is 8.78 Å². The van der Waals surface area contributed by atoms with E-state index in [9.17, 15) is 8.78 Å². The highest BCUT2D eigenvalue weighted by molar-refractivity contribution is 5.26. The molecule has 0 aliphatic heterocycles. The fourth-order valence-electron chi connectivity index (χ4n) is 2.14. The number of halogens is 2. The van der Waals surface area contributed by atoms with Gasteiger partial charge >= 0.3 is 0 Å². The van der Waals surface area contributed by atoms with Gasteiger partial charge in [0.25, 0.3) is 0 Å². The van der Waals surface area contributed by atoms with Gasteiger partial charge in [-0.05, 0) is 44.2 Å². The Hall–Kier alpha value is -1.75.